The molecule has 3 N–H and O–H groups in total. The Morgan fingerprint density at radius 1 is 1.55 bits per heavy atom. The first kappa shape index (κ1) is 15.3. The minimum Gasteiger partial charge on any atom is -0.329 e. The van der Waals surface area contributed by atoms with Gasteiger partial charge in [0.2, 0.25) is 5.91 Å². The number of hydrogen-bond donors (Lipinski definition) is 2. The molecule has 5 heteroatoms. The lowest BCUT2D eigenvalue weighted by Crippen LogP contribution is -2.43. The molecule has 20 heavy (non-hydrogen) atoms. The van der Waals surface area contributed by atoms with Gasteiger partial charge in [-0.1, -0.05) is 17.7 Å². The van der Waals surface area contributed by atoms with Gasteiger partial charge >= 0.3 is 0 Å². The molecule has 1 fully saturated rings. The van der Waals surface area contributed by atoms with Crippen LogP contribution in [-0.2, 0) is 4.79 Å². The summed E-state index contributed by atoms with van der Waals surface area (Å²) in [4.78, 5) is 14.1. The largest absolute Gasteiger partial charge is 0.329 e. The van der Waals surface area contributed by atoms with E-state index in [-0.39, 0.29) is 5.91 Å². The van der Waals surface area contributed by atoms with Crippen LogP contribution in [0.1, 0.15) is 18.4 Å². The van der Waals surface area contributed by atoms with Crippen LogP contribution >= 0.6 is 11.6 Å². The minimum absolute atomic E-state index is 0.0356. The molecule has 2 rings (SSSR count). The number of rotatable bonds is 6. The van der Waals surface area contributed by atoms with Crippen LogP contribution in [-0.4, -0.2) is 37.0 Å². The molecule has 1 amide bonds. The smallest absolute Gasteiger partial charge is 0.238 e. The van der Waals surface area contributed by atoms with Gasteiger partial charge in [-0.2, -0.15) is 0 Å². The van der Waals surface area contributed by atoms with Crippen molar-refractivity contribution >= 4 is 23.2 Å². The van der Waals surface area contributed by atoms with E-state index in [1.807, 2.05) is 31.0 Å². The molecule has 0 spiro atoms. The number of hydrogen-bond acceptors (Lipinski definition) is 3. The predicted molar refractivity (Wildman–Crippen MR) is 83.0 cm³/mol. The number of likely N-dealkylation sites (N-methyl/N-ethyl adjacent to an activating group) is 1. The fourth-order valence-electron chi connectivity index (χ4n) is 2.43. The van der Waals surface area contributed by atoms with E-state index >= 15 is 0 Å². The second-order valence-corrected chi connectivity index (χ2v) is 5.97. The third-order valence-corrected chi connectivity index (χ3v) is 4.23. The fourth-order valence-corrected chi connectivity index (χ4v) is 2.61. The molecule has 0 heterocycles. The molecule has 0 aliphatic heterocycles. The molecule has 1 aliphatic rings. The molecule has 0 bridgehead atoms. The Kier molecular flexibility index (Phi) is 5.02. The van der Waals surface area contributed by atoms with Crippen molar-refractivity contribution in [2.24, 2.45) is 11.7 Å². The topological polar surface area (TPSA) is 58.4 Å². The number of nitrogens with two attached hydrogens (primary N) is 1. The molecule has 4 nitrogen and oxygen atoms in total. The van der Waals surface area contributed by atoms with Crippen molar-refractivity contribution in [2.45, 2.75) is 25.8 Å². The molecular formula is C15H22ClN3O. The standard InChI is InChI=1S/C15H22ClN3O/c1-10-3-6-12(7-13(10)16)18-15(20)9-19(2)14(8-17)11-4-5-11/h3,6-7,11,14H,4-5,8-9,17H2,1-2H3,(H,18,20). The summed E-state index contributed by atoms with van der Waals surface area (Å²) in [6.45, 7) is 2.89. The molecule has 0 saturated heterocycles. The van der Waals surface area contributed by atoms with Crippen molar-refractivity contribution in [3.63, 3.8) is 0 Å². The predicted octanol–water partition coefficient (Wildman–Crippen LogP) is 2.26. The highest BCUT2D eigenvalue weighted by atomic mass is 35.5. The van der Waals surface area contributed by atoms with Crippen molar-refractivity contribution in [1.82, 2.24) is 4.90 Å². The van der Waals surface area contributed by atoms with Crippen LogP contribution in [0.4, 0.5) is 5.69 Å². The Hall–Kier alpha value is -1.10. The van der Waals surface area contributed by atoms with Crippen molar-refractivity contribution in [2.75, 3.05) is 25.5 Å². The Morgan fingerprint density at radius 2 is 2.25 bits per heavy atom. The zero-order valence-corrected chi connectivity index (χ0v) is 12.8. The van der Waals surface area contributed by atoms with Crippen molar-refractivity contribution in [3.8, 4) is 0 Å². The van der Waals surface area contributed by atoms with E-state index in [9.17, 15) is 4.79 Å². The molecule has 1 saturated carbocycles. The van der Waals surface area contributed by atoms with Gasteiger partial charge in [0.05, 0.1) is 6.54 Å². The maximum Gasteiger partial charge on any atom is 0.238 e. The summed E-state index contributed by atoms with van der Waals surface area (Å²) < 4.78 is 0. The Morgan fingerprint density at radius 3 is 2.80 bits per heavy atom. The highest BCUT2D eigenvalue weighted by molar-refractivity contribution is 6.31. The van der Waals surface area contributed by atoms with E-state index < -0.39 is 0 Å². The number of carbonyl (C=O) groups excluding carboxylic acids is 1. The monoisotopic (exact) mass is 295 g/mol. The van der Waals surface area contributed by atoms with E-state index in [4.69, 9.17) is 17.3 Å². The summed E-state index contributed by atoms with van der Waals surface area (Å²) in [5.74, 6) is 0.623. The van der Waals surface area contributed by atoms with Gasteiger partial charge in [0.1, 0.15) is 0 Å². The van der Waals surface area contributed by atoms with E-state index in [0.29, 0.717) is 30.1 Å². The van der Waals surface area contributed by atoms with Gasteiger partial charge in [0, 0.05) is 23.3 Å². The van der Waals surface area contributed by atoms with Crippen LogP contribution in [0.25, 0.3) is 0 Å². The first-order chi connectivity index (χ1) is 9.51. The first-order valence-electron chi connectivity index (χ1n) is 6.97. The van der Waals surface area contributed by atoms with Crippen LogP contribution in [0.15, 0.2) is 18.2 Å². The van der Waals surface area contributed by atoms with Crippen LogP contribution in [0, 0.1) is 12.8 Å². The first-order valence-corrected chi connectivity index (χ1v) is 7.35. The zero-order chi connectivity index (χ0) is 14.7. The third kappa shape index (κ3) is 3.95. The Labute approximate surface area is 125 Å². The van der Waals surface area contributed by atoms with Gasteiger partial charge in [0.15, 0.2) is 0 Å². The minimum atomic E-state index is -0.0356. The third-order valence-electron chi connectivity index (χ3n) is 3.82. The Bertz CT molecular complexity index is 488. The summed E-state index contributed by atoms with van der Waals surface area (Å²) in [5, 5.41) is 3.53. The summed E-state index contributed by atoms with van der Waals surface area (Å²) in [6.07, 6.45) is 2.45. The Balaban J connectivity index is 1.89. The van der Waals surface area contributed by atoms with E-state index in [1.54, 1.807) is 6.07 Å². The number of amides is 1. The molecule has 110 valence electrons. The second kappa shape index (κ2) is 6.57. The van der Waals surface area contributed by atoms with Crippen LogP contribution in [0.5, 0.6) is 0 Å². The summed E-state index contributed by atoms with van der Waals surface area (Å²) >= 11 is 6.05. The van der Waals surface area contributed by atoms with Crippen molar-refractivity contribution in [1.29, 1.82) is 0 Å². The summed E-state index contributed by atoms with van der Waals surface area (Å²) in [7, 11) is 1.96. The average Bonchev–Trinajstić information content (AvgIpc) is 3.19. The molecule has 1 unspecified atom stereocenters. The number of nitrogens with one attached hydrogen (secondary N) is 1. The van der Waals surface area contributed by atoms with Crippen LogP contribution < -0.4 is 11.1 Å². The maximum absolute atomic E-state index is 12.0. The van der Waals surface area contributed by atoms with E-state index in [2.05, 4.69) is 5.32 Å². The molecule has 1 aromatic carbocycles. The molecule has 1 aromatic rings. The van der Waals surface area contributed by atoms with E-state index in [0.717, 1.165) is 11.3 Å². The van der Waals surface area contributed by atoms with E-state index in [1.165, 1.54) is 12.8 Å². The SMILES string of the molecule is Cc1ccc(NC(=O)CN(C)C(CN)C2CC2)cc1Cl. The van der Waals surface area contributed by atoms with Gasteiger partial charge in [0.25, 0.3) is 0 Å². The van der Waals surface area contributed by atoms with Crippen molar-refractivity contribution in [3.05, 3.63) is 28.8 Å². The average molecular weight is 296 g/mol. The zero-order valence-electron chi connectivity index (χ0n) is 12.0. The van der Waals surface area contributed by atoms with Gasteiger partial charge in [-0.3, -0.25) is 9.69 Å². The summed E-state index contributed by atoms with van der Waals surface area (Å²) in [6, 6.07) is 5.84. The second-order valence-electron chi connectivity index (χ2n) is 5.57. The lowest BCUT2D eigenvalue weighted by Gasteiger charge is -2.26. The number of halogens is 1. The molecule has 0 radical (unpaired) electrons. The quantitative estimate of drug-likeness (QED) is 0.846. The van der Waals surface area contributed by atoms with Gasteiger partial charge in [-0.25, -0.2) is 0 Å². The normalized spacial score (nSPS) is 16.2. The summed E-state index contributed by atoms with van der Waals surface area (Å²) in [5.41, 5.74) is 7.52. The highest BCUT2D eigenvalue weighted by Crippen LogP contribution is 2.34. The lowest BCUT2D eigenvalue weighted by molar-refractivity contribution is -0.117. The van der Waals surface area contributed by atoms with Crippen LogP contribution in [0.3, 0.4) is 0 Å². The molecule has 1 aliphatic carbocycles. The number of carbonyl (C=O) groups is 1. The fraction of sp³-hybridized carbons (Fsp3) is 0.533. The maximum atomic E-state index is 12.0. The number of aryl methyl sites for hydroxylation is 1. The van der Waals surface area contributed by atoms with Gasteiger partial charge < -0.3 is 11.1 Å². The number of benzene rings is 1. The highest BCUT2D eigenvalue weighted by Gasteiger charge is 2.33. The van der Waals surface area contributed by atoms with Gasteiger partial charge in [-0.05, 0) is 50.4 Å². The van der Waals surface area contributed by atoms with Crippen LogP contribution in [0.2, 0.25) is 5.02 Å². The van der Waals surface area contributed by atoms with Crippen molar-refractivity contribution < 1.29 is 4.79 Å². The number of anilines is 1. The molecular weight excluding hydrogens is 274 g/mol. The number of nitrogens with zero attached hydrogens (tertiary/aromatic N) is 1. The molecule has 0 aromatic heterocycles. The molecule has 1 atom stereocenters. The van der Waals surface area contributed by atoms with Gasteiger partial charge in [-0.15, -0.1) is 0 Å². The lowest BCUT2D eigenvalue weighted by atomic mass is 10.1.